The van der Waals surface area contributed by atoms with Crippen molar-refractivity contribution in [1.29, 1.82) is 0 Å². The highest BCUT2D eigenvalue weighted by molar-refractivity contribution is 5.27. The molecule has 0 saturated carbocycles. The SMILES string of the molecule is CCCCc1ccc(OCCCC(CC)NCCC)cc1. The fourth-order valence-corrected chi connectivity index (χ4v) is 2.45. The summed E-state index contributed by atoms with van der Waals surface area (Å²) in [6.07, 6.45) is 8.42. The van der Waals surface area contributed by atoms with Gasteiger partial charge in [-0.3, -0.25) is 0 Å². The summed E-state index contributed by atoms with van der Waals surface area (Å²) in [7, 11) is 0. The van der Waals surface area contributed by atoms with Crippen LogP contribution in [0.3, 0.4) is 0 Å². The lowest BCUT2D eigenvalue weighted by Crippen LogP contribution is -2.29. The molecule has 2 heteroatoms. The van der Waals surface area contributed by atoms with Gasteiger partial charge in [0.15, 0.2) is 0 Å². The minimum atomic E-state index is 0.643. The Morgan fingerprint density at radius 2 is 1.76 bits per heavy atom. The molecule has 0 amide bonds. The number of unbranched alkanes of at least 4 members (excludes halogenated alkanes) is 1. The lowest BCUT2D eigenvalue weighted by molar-refractivity contribution is 0.294. The number of hydrogen-bond donors (Lipinski definition) is 1. The standard InChI is InChI=1S/C19H33NO/c1-4-7-9-17-11-13-19(14-12-17)21-16-8-10-18(6-3)20-15-5-2/h11-14,18,20H,4-10,15-16H2,1-3H3. The van der Waals surface area contributed by atoms with Crippen molar-refractivity contribution in [3.63, 3.8) is 0 Å². The number of aryl methyl sites for hydroxylation is 1. The van der Waals surface area contributed by atoms with Crippen molar-refractivity contribution in [3.8, 4) is 5.75 Å². The number of nitrogens with one attached hydrogen (secondary N) is 1. The molecule has 1 N–H and O–H groups in total. The summed E-state index contributed by atoms with van der Waals surface area (Å²) in [5.41, 5.74) is 1.42. The molecule has 120 valence electrons. The Kier molecular flexibility index (Phi) is 9.98. The number of benzene rings is 1. The summed E-state index contributed by atoms with van der Waals surface area (Å²) in [6, 6.07) is 9.26. The maximum Gasteiger partial charge on any atom is 0.119 e. The summed E-state index contributed by atoms with van der Waals surface area (Å²) < 4.78 is 5.84. The molecule has 1 rings (SSSR count). The minimum Gasteiger partial charge on any atom is -0.494 e. The zero-order chi connectivity index (χ0) is 15.3. The van der Waals surface area contributed by atoms with Crippen LogP contribution in [0.15, 0.2) is 24.3 Å². The van der Waals surface area contributed by atoms with E-state index in [1.807, 2.05) is 0 Å². The molecule has 21 heavy (non-hydrogen) atoms. The summed E-state index contributed by atoms with van der Waals surface area (Å²) in [6.45, 7) is 8.64. The van der Waals surface area contributed by atoms with Gasteiger partial charge in [-0.05, 0) is 62.8 Å². The zero-order valence-electron chi connectivity index (χ0n) is 14.2. The van der Waals surface area contributed by atoms with Gasteiger partial charge in [-0.25, -0.2) is 0 Å². The summed E-state index contributed by atoms with van der Waals surface area (Å²) in [5.74, 6) is 1.00. The first-order valence-corrected chi connectivity index (χ1v) is 8.75. The molecule has 0 aliphatic heterocycles. The molecule has 0 radical (unpaired) electrons. The summed E-state index contributed by atoms with van der Waals surface area (Å²) >= 11 is 0. The molecule has 1 aromatic carbocycles. The monoisotopic (exact) mass is 291 g/mol. The van der Waals surface area contributed by atoms with Crippen LogP contribution in [0.1, 0.15) is 64.9 Å². The largest absolute Gasteiger partial charge is 0.494 e. The van der Waals surface area contributed by atoms with Crippen LogP contribution in [0.4, 0.5) is 0 Å². The molecule has 0 aliphatic carbocycles. The van der Waals surface area contributed by atoms with E-state index >= 15 is 0 Å². The van der Waals surface area contributed by atoms with Crippen LogP contribution in [0.5, 0.6) is 5.75 Å². The average Bonchev–Trinajstić information content (AvgIpc) is 2.53. The van der Waals surface area contributed by atoms with Gasteiger partial charge < -0.3 is 10.1 Å². The van der Waals surface area contributed by atoms with Crippen LogP contribution < -0.4 is 10.1 Å². The lowest BCUT2D eigenvalue weighted by Gasteiger charge is -2.16. The highest BCUT2D eigenvalue weighted by atomic mass is 16.5. The van der Waals surface area contributed by atoms with Gasteiger partial charge in [0.2, 0.25) is 0 Å². The predicted molar refractivity (Wildman–Crippen MR) is 92.2 cm³/mol. The Bertz CT molecular complexity index is 347. The van der Waals surface area contributed by atoms with Crippen molar-refractivity contribution in [2.45, 2.75) is 71.8 Å². The van der Waals surface area contributed by atoms with Crippen LogP contribution in [-0.4, -0.2) is 19.2 Å². The molecule has 0 bridgehead atoms. The van der Waals surface area contributed by atoms with E-state index in [0.29, 0.717) is 6.04 Å². The van der Waals surface area contributed by atoms with Crippen molar-refractivity contribution in [2.75, 3.05) is 13.2 Å². The second-order valence-electron chi connectivity index (χ2n) is 5.80. The fraction of sp³-hybridized carbons (Fsp3) is 0.684. The van der Waals surface area contributed by atoms with Crippen molar-refractivity contribution >= 4 is 0 Å². The molecule has 0 heterocycles. The number of rotatable bonds is 12. The van der Waals surface area contributed by atoms with E-state index in [1.165, 1.54) is 44.1 Å². The Balaban J connectivity index is 2.19. The molecule has 0 spiro atoms. The van der Waals surface area contributed by atoms with Crippen molar-refractivity contribution in [1.82, 2.24) is 5.32 Å². The topological polar surface area (TPSA) is 21.3 Å². The Morgan fingerprint density at radius 3 is 2.38 bits per heavy atom. The third-order valence-corrected chi connectivity index (χ3v) is 3.88. The van der Waals surface area contributed by atoms with Gasteiger partial charge in [0.1, 0.15) is 5.75 Å². The maximum absolute atomic E-state index is 5.84. The molecule has 0 aliphatic rings. The number of hydrogen-bond acceptors (Lipinski definition) is 2. The van der Waals surface area contributed by atoms with E-state index in [9.17, 15) is 0 Å². The van der Waals surface area contributed by atoms with E-state index in [-0.39, 0.29) is 0 Å². The van der Waals surface area contributed by atoms with E-state index < -0.39 is 0 Å². The second-order valence-corrected chi connectivity index (χ2v) is 5.80. The molecule has 1 unspecified atom stereocenters. The molecule has 0 fully saturated rings. The van der Waals surface area contributed by atoms with Gasteiger partial charge in [0.05, 0.1) is 6.61 Å². The second kappa shape index (κ2) is 11.6. The predicted octanol–water partition coefficient (Wildman–Crippen LogP) is 4.97. The Labute approximate surface area is 131 Å². The average molecular weight is 291 g/mol. The van der Waals surface area contributed by atoms with E-state index in [4.69, 9.17) is 4.74 Å². The van der Waals surface area contributed by atoms with Gasteiger partial charge in [-0.15, -0.1) is 0 Å². The van der Waals surface area contributed by atoms with Gasteiger partial charge >= 0.3 is 0 Å². The molecular formula is C19H33NO. The lowest BCUT2D eigenvalue weighted by atomic mass is 10.1. The molecule has 0 saturated heterocycles. The van der Waals surface area contributed by atoms with E-state index in [2.05, 4.69) is 50.4 Å². The third kappa shape index (κ3) is 8.11. The summed E-state index contributed by atoms with van der Waals surface area (Å²) in [4.78, 5) is 0. The first-order valence-electron chi connectivity index (χ1n) is 8.75. The molecular weight excluding hydrogens is 258 g/mol. The van der Waals surface area contributed by atoms with Crippen LogP contribution >= 0.6 is 0 Å². The van der Waals surface area contributed by atoms with Crippen molar-refractivity contribution in [3.05, 3.63) is 29.8 Å². The highest BCUT2D eigenvalue weighted by Crippen LogP contribution is 2.14. The number of ether oxygens (including phenoxy) is 1. The van der Waals surface area contributed by atoms with E-state index in [1.54, 1.807) is 0 Å². The van der Waals surface area contributed by atoms with Crippen LogP contribution in [-0.2, 0) is 6.42 Å². The van der Waals surface area contributed by atoms with Gasteiger partial charge in [0, 0.05) is 6.04 Å². The first-order chi connectivity index (χ1) is 10.3. The normalized spacial score (nSPS) is 12.3. The summed E-state index contributed by atoms with van der Waals surface area (Å²) in [5, 5.41) is 3.59. The minimum absolute atomic E-state index is 0.643. The maximum atomic E-state index is 5.84. The van der Waals surface area contributed by atoms with Crippen LogP contribution in [0.25, 0.3) is 0 Å². The first kappa shape index (κ1) is 18.0. The smallest absolute Gasteiger partial charge is 0.119 e. The molecule has 0 aromatic heterocycles. The van der Waals surface area contributed by atoms with Gasteiger partial charge in [-0.1, -0.05) is 39.3 Å². The van der Waals surface area contributed by atoms with Crippen LogP contribution in [0, 0.1) is 0 Å². The van der Waals surface area contributed by atoms with Crippen molar-refractivity contribution in [2.24, 2.45) is 0 Å². The molecule has 2 nitrogen and oxygen atoms in total. The Hall–Kier alpha value is -1.02. The molecule has 1 atom stereocenters. The Morgan fingerprint density at radius 1 is 1.00 bits per heavy atom. The highest BCUT2D eigenvalue weighted by Gasteiger charge is 2.04. The quantitative estimate of drug-likeness (QED) is 0.549. The van der Waals surface area contributed by atoms with Crippen LogP contribution in [0.2, 0.25) is 0 Å². The zero-order valence-corrected chi connectivity index (χ0v) is 14.2. The van der Waals surface area contributed by atoms with Crippen molar-refractivity contribution < 1.29 is 4.74 Å². The fourth-order valence-electron chi connectivity index (χ4n) is 2.45. The molecule has 1 aromatic rings. The van der Waals surface area contributed by atoms with Gasteiger partial charge in [-0.2, -0.15) is 0 Å². The van der Waals surface area contributed by atoms with E-state index in [0.717, 1.165) is 25.3 Å². The van der Waals surface area contributed by atoms with Gasteiger partial charge in [0.25, 0.3) is 0 Å². The third-order valence-electron chi connectivity index (χ3n) is 3.88.